The lowest BCUT2D eigenvalue weighted by Gasteiger charge is -2.39. The van der Waals surface area contributed by atoms with E-state index in [-0.39, 0.29) is 16.7 Å². The molecule has 24 heavy (non-hydrogen) atoms. The van der Waals surface area contributed by atoms with Crippen LogP contribution in [0.15, 0.2) is 48.6 Å². The predicted octanol–water partition coefficient (Wildman–Crippen LogP) is 5.04. The van der Waals surface area contributed by atoms with Crippen molar-refractivity contribution in [1.82, 2.24) is 0 Å². The van der Waals surface area contributed by atoms with E-state index < -0.39 is 0 Å². The Morgan fingerprint density at radius 2 is 1.79 bits per heavy atom. The van der Waals surface area contributed by atoms with E-state index in [0.29, 0.717) is 11.8 Å². The Balaban J connectivity index is 1.78. The Hall–Kier alpha value is -2.62. The molecule has 4 heteroatoms. The van der Waals surface area contributed by atoms with E-state index >= 15 is 0 Å². The zero-order chi connectivity index (χ0) is 16.8. The molecule has 0 spiro atoms. The van der Waals surface area contributed by atoms with Crippen molar-refractivity contribution < 1.29 is 4.92 Å². The Bertz CT molecular complexity index is 839. The molecule has 0 saturated heterocycles. The monoisotopic (exact) mass is 320 g/mol. The van der Waals surface area contributed by atoms with Crippen molar-refractivity contribution in [3.8, 4) is 0 Å². The average molecular weight is 320 g/mol. The van der Waals surface area contributed by atoms with Gasteiger partial charge in [-0.15, -0.1) is 0 Å². The number of hydrogen-bond donors (Lipinski definition) is 1. The minimum absolute atomic E-state index is 0.142. The molecule has 1 aliphatic carbocycles. The van der Waals surface area contributed by atoms with Crippen molar-refractivity contribution in [3.05, 3.63) is 80.9 Å². The molecule has 0 radical (unpaired) electrons. The number of benzene rings is 2. The number of anilines is 1. The van der Waals surface area contributed by atoms with Crippen LogP contribution in [0.25, 0.3) is 0 Å². The third-order valence-corrected chi connectivity index (χ3v) is 5.41. The SMILES string of the molecule is Cc1ccc(C)c2c1N[C@H](c1ccc([N+](=O)[O-])cc1)[C@H]1CC=C[C@H]21. The minimum atomic E-state index is -0.346. The van der Waals surface area contributed by atoms with Gasteiger partial charge in [-0.2, -0.15) is 0 Å². The van der Waals surface area contributed by atoms with Gasteiger partial charge in [-0.05, 0) is 48.4 Å². The highest BCUT2D eigenvalue weighted by molar-refractivity contribution is 5.66. The quantitative estimate of drug-likeness (QED) is 0.479. The van der Waals surface area contributed by atoms with E-state index in [1.807, 2.05) is 12.1 Å². The van der Waals surface area contributed by atoms with E-state index in [1.54, 1.807) is 12.1 Å². The summed E-state index contributed by atoms with van der Waals surface area (Å²) in [5, 5.41) is 14.6. The summed E-state index contributed by atoms with van der Waals surface area (Å²) < 4.78 is 0. The molecule has 0 aromatic heterocycles. The second kappa shape index (κ2) is 5.48. The van der Waals surface area contributed by atoms with E-state index in [0.717, 1.165) is 12.0 Å². The summed E-state index contributed by atoms with van der Waals surface area (Å²) in [7, 11) is 0. The fraction of sp³-hybridized carbons (Fsp3) is 0.300. The van der Waals surface area contributed by atoms with Gasteiger partial charge in [-0.3, -0.25) is 10.1 Å². The first kappa shape index (κ1) is 14.9. The molecular formula is C20H20N2O2. The maximum absolute atomic E-state index is 10.9. The molecule has 2 aromatic rings. The van der Waals surface area contributed by atoms with Gasteiger partial charge in [0.2, 0.25) is 0 Å². The Kier molecular flexibility index (Phi) is 3.41. The average Bonchev–Trinajstić information content (AvgIpc) is 3.07. The van der Waals surface area contributed by atoms with Gasteiger partial charge in [0, 0.05) is 23.7 Å². The van der Waals surface area contributed by atoms with Gasteiger partial charge in [-0.1, -0.05) is 36.4 Å². The Morgan fingerprint density at radius 1 is 1.08 bits per heavy atom. The number of rotatable bonds is 2. The lowest BCUT2D eigenvalue weighted by atomic mass is 9.75. The van der Waals surface area contributed by atoms with E-state index in [4.69, 9.17) is 0 Å². The minimum Gasteiger partial charge on any atom is -0.377 e. The summed E-state index contributed by atoms with van der Waals surface area (Å²) in [6.07, 6.45) is 5.63. The fourth-order valence-corrected chi connectivity index (χ4v) is 4.18. The van der Waals surface area contributed by atoms with Gasteiger partial charge in [0.15, 0.2) is 0 Å². The first-order chi connectivity index (χ1) is 11.6. The number of nitro groups is 1. The Labute approximate surface area is 141 Å². The summed E-state index contributed by atoms with van der Waals surface area (Å²) in [4.78, 5) is 10.6. The number of fused-ring (bicyclic) bond motifs is 3. The van der Waals surface area contributed by atoms with Gasteiger partial charge in [-0.25, -0.2) is 0 Å². The predicted molar refractivity (Wildman–Crippen MR) is 95.4 cm³/mol. The van der Waals surface area contributed by atoms with Crippen molar-refractivity contribution in [2.24, 2.45) is 5.92 Å². The molecular weight excluding hydrogens is 300 g/mol. The molecule has 1 heterocycles. The number of aryl methyl sites for hydroxylation is 2. The second-order valence-corrected chi connectivity index (χ2v) is 6.81. The normalized spacial score (nSPS) is 24.2. The number of nitro benzene ring substituents is 1. The third-order valence-electron chi connectivity index (χ3n) is 5.41. The summed E-state index contributed by atoms with van der Waals surface area (Å²) in [5.74, 6) is 0.876. The van der Waals surface area contributed by atoms with Crippen molar-refractivity contribution in [1.29, 1.82) is 0 Å². The molecule has 0 bridgehead atoms. The summed E-state index contributed by atoms with van der Waals surface area (Å²) in [6, 6.07) is 11.5. The molecule has 4 rings (SSSR count). The maximum atomic E-state index is 10.9. The first-order valence-electron chi connectivity index (χ1n) is 8.34. The molecule has 0 unspecified atom stereocenters. The number of hydrogen-bond acceptors (Lipinski definition) is 3. The van der Waals surface area contributed by atoms with E-state index in [9.17, 15) is 10.1 Å². The molecule has 3 atom stereocenters. The Morgan fingerprint density at radius 3 is 2.50 bits per heavy atom. The van der Waals surface area contributed by atoms with Crippen molar-refractivity contribution >= 4 is 11.4 Å². The fourth-order valence-electron chi connectivity index (χ4n) is 4.18. The zero-order valence-electron chi connectivity index (χ0n) is 13.8. The van der Waals surface area contributed by atoms with Crippen LogP contribution >= 0.6 is 0 Å². The van der Waals surface area contributed by atoms with E-state index in [2.05, 4.69) is 43.4 Å². The topological polar surface area (TPSA) is 55.2 Å². The van der Waals surface area contributed by atoms with Crippen LogP contribution in [0.5, 0.6) is 0 Å². The molecule has 1 N–H and O–H groups in total. The van der Waals surface area contributed by atoms with Crippen LogP contribution < -0.4 is 5.32 Å². The molecule has 2 aliphatic rings. The molecule has 2 aromatic carbocycles. The first-order valence-corrected chi connectivity index (χ1v) is 8.34. The molecule has 122 valence electrons. The molecule has 0 saturated carbocycles. The summed E-state index contributed by atoms with van der Waals surface area (Å²) in [6.45, 7) is 4.31. The third kappa shape index (κ3) is 2.21. The van der Waals surface area contributed by atoms with Gasteiger partial charge < -0.3 is 5.32 Å². The zero-order valence-corrected chi connectivity index (χ0v) is 13.8. The molecule has 0 amide bonds. The van der Waals surface area contributed by atoms with Crippen LogP contribution in [0.2, 0.25) is 0 Å². The lowest BCUT2D eigenvalue weighted by molar-refractivity contribution is -0.384. The largest absolute Gasteiger partial charge is 0.377 e. The molecule has 1 aliphatic heterocycles. The smallest absolute Gasteiger partial charge is 0.269 e. The standard InChI is InChI=1S/C20H20N2O2/c1-12-6-7-13(2)19-18(12)16-4-3-5-17(16)20(21-19)14-8-10-15(11-9-14)22(23)24/h3-4,6-11,16-17,20-21H,5H2,1-2H3/t16-,17-,20+/m0/s1. The van der Waals surface area contributed by atoms with Gasteiger partial charge >= 0.3 is 0 Å². The van der Waals surface area contributed by atoms with Crippen LogP contribution in [0.4, 0.5) is 11.4 Å². The lowest BCUT2D eigenvalue weighted by Crippen LogP contribution is -2.30. The molecule has 4 nitrogen and oxygen atoms in total. The van der Waals surface area contributed by atoms with Crippen LogP contribution in [-0.4, -0.2) is 4.92 Å². The number of nitrogens with one attached hydrogen (secondary N) is 1. The maximum Gasteiger partial charge on any atom is 0.269 e. The number of allylic oxidation sites excluding steroid dienone is 2. The number of non-ortho nitro benzene ring substituents is 1. The van der Waals surface area contributed by atoms with Crippen LogP contribution in [0.3, 0.4) is 0 Å². The number of nitrogens with zero attached hydrogens (tertiary/aromatic N) is 1. The van der Waals surface area contributed by atoms with Crippen LogP contribution in [-0.2, 0) is 0 Å². The summed E-state index contributed by atoms with van der Waals surface area (Å²) >= 11 is 0. The van der Waals surface area contributed by atoms with E-state index in [1.165, 1.54) is 22.4 Å². The van der Waals surface area contributed by atoms with Crippen LogP contribution in [0.1, 0.15) is 40.6 Å². The highest BCUT2D eigenvalue weighted by Gasteiger charge is 2.39. The van der Waals surface area contributed by atoms with Gasteiger partial charge in [0.1, 0.15) is 0 Å². The summed E-state index contributed by atoms with van der Waals surface area (Å²) in [5.41, 5.74) is 6.47. The highest BCUT2D eigenvalue weighted by Crippen LogP contribution is 2.51. The van der Waals surface area contributed by atoms with Gasteiger partial charge in [0.25, 0.3) is 5.69 Å². The molecule has 0 fully saturated rings. The highest BCUT2D eigenvalue weighted by atomic mass is 16.6. The van der Waals surface area contributed by atoms with Crippen molar-refractivity contribution in [2.45, 2.75) is 32.2 Å². The van der Waals surface area contributed by atoms with Gasteiger partial charge in [0.05, 0.1) is 11.0 Å². The van der Waals surface area contributed by atoms with Crippen LogP contribution in [0, 0.1) is 29.9 Å². The van der Waals surface area contributed by atoms with Crippen molar-refractivity contribution in [2.75, 3.05) is 5.32 Å². The van der Waals surface area contributed by atoms with Crippen molar-refractivity contribution in [3.63, 3.8) is 0 Å². The second-order valence-electron chi connectivity index (χ2n) is 6.81.